The molecule has 0 spiro atoms. The Morgan fingerprint density at radius 2 is 1.68 bits per heavy atom. The van der Waals surface area contributed by atoms with Gasteiger partial charge in [-0.05, 0) is 72.9 Å². The second kappa shape index (κ2) is 14.1. The summed E-state index contributed by atoms with van der Waals surface area (Å²) < 4.78 is 33.7. The summed E-state index contributed by atoms with van der Waals surface area (Å²) in [7, 11) is -2.90. The van der Waals surface area contributed by atoms with Crippen LogP contribution < -0.4 is 21.1 Å². The maximum absolute atomic E-state index is 13.5. The van der Waals surface area contributed by atoms with Crippen LogP contribution in [0.5, 0.6) is 5.88 Å². The molecule has 0 aliphatic heterocycles. The number of carbonyl (C=O) groups is 3. The van der Waals surface area contributed by atoms with E-state index in [-0.39, 0.29) is 52.2 Å². The van der Waals surface area contributed by atoms with Crippen LogP contribution in [0.1, 0.15) is 62.6 Å². The maximum atomic E-state index is 13.5. The summed E-state index contributed by atoms with van der Waals surface area (Å²) in [5.74, 6) is -2.46. The number of aliphatic hydroxyl groups excluding tert-OH is 1. The second-order valence-electron chi connectivity index (χ2n) is 10.5. The van der Waals surface area contributed by atoms with Gasteiger partial charge in [-0.25, -0.2) is 9.78 Å². The van der Waals surface area contributed by atoms with Gasteiger partial charge in [0.05, 0.1) is 31.6 Å². The fraction of sp³-hybridized carbons (Fsp3) is 0.300. The molecule has 44 heavy (non-hydrogen) atoms. The quantitative estimate of drug-likeness (QED) is 0.113. The second-order valence-corrected chi connectivity index (χ2v) is 12.0. The number of aliphatic hydroxyl groups is 1. The number of nitrogens with one attached hydrogen (secondary N) is 3. The molecule has 3 aromatic rings. The van der Waals surface area contributed by atoms with Gasteiger partial charge < -0.3 is 30.4 Å². The molecule has 0 bridgehead atoms. The molecular formula is C30H35N5O8S. The Kier molecular flexibility index (Phi) is 10.8. The highest BCUT2D eigenvalue weighted by molar-refractivity contribution is 7.86. The zero-order chi connectivity index (χ0) is 32.8. The third kappa shape index (κ3) is 8.61. The van der Waals surface area contributed by atoms with E-state index in [1.54, 1.807) is 31.2 Å². The van der Waals surface area contributed by atoms with Crippen molar-refractivity contribution in [3.8, 4) is 17.0 Å². The molecule has 0 fully saturated rings. The fourth-order valence-corrected chi connectivity index (χ4v) is 4.77. The average molecular weight is 626 g/mol. The number of carbonyl (C=O) groups excluding carboxylic acids is 3. The molecular weight excluding hydrogens is 590 g/mol. The van der Waals surface area contributed by atoms with Crippen LogP contribution >= 0.6 is 0 Å². The number of aromatic nitrogens is 1. The lowest BCUT2D eigenvalue weighted by molar-refractivity contribution is 0.0748. The van der Waals surface area contributed by atoms with Crippen LogP contribution in [0.2, 0.25) is 0 Å². The number of amides is 2. The highest BCUT2D eigenvalue weighted by Crippen LogP contribution is 2.32. The lowest BCUT2D eigenvalue weighted by atomic mass is 9.92. The summed E-state index contributed by atoms with van der Waals surface area (Å²) >= 11 is 0. The number of hydrogen-bond acceptors (Lipinski definition) is 10. The van der Waals surface area contributed by atoms with Gasteiger partial charge in [0.1, 0.15) is 11.5 Å². The normalized spacial score (nSPS) is 11.9. The number of nitrogens with zero attached hydrogens (tertiary/aromatic N) is 1. The molecule has 0 unspecified atom stereocenters. The van der Waals surface area contributed by atoms with Crippen molar-refractivity contribution >= 4 is 39.4 Å². The zero-order valence-electron chi connectivity index (χ0n) is 24.9. The number of nitrogens with two attached hydrogens (primary N) is 1. The third-order valence-corrected chi connectivity index (χ3v) is 6.86. The van der Waals surface area contributed by atoms with Gasteiger partial charge in [0.2, 0.25) is 5.88 Å². The summed E-state index contributed by atoms with van der Waals surface area (Å²) in [5, 5.41) is 22.7. The van der Waals surface area contributed by atoms with E-state index in [9.17, 15) is 27.9 Å². The number of amidine groups is 1. The number of anilines is 1. The van der Waals surface area contributed by atoms with E-state index in [1.807, 2.05) is 13.8 Å². The number of pyridine rings is 1. The number of rotatable bonds is 12. The fourth-order valence-electron chi connectivity index (χ4n) is 4.41. The van der Waals surface area contributed by atoms with Crippen molar-refractivity contribution in [1.82, 2.24) is 10.3 Å². The standard InChI is InChI=1S/C30H35N5O8S/c1-16(2)12-20(15-36)34-28(37)22-14-24(30(39)43-44(5,40)41)23(13-17(22)3)21-10-11-25(42-4)35-26(21)29(38)33-19-8-6-18(7-9-19)27(31)32/h6-11,13-14,16,20,36H,12,15H2,1-5H3,(H3,31,32)(H,33,38)(H,34,37)/t20-/m0/s1. The molecule has 0 radical (unpaired) electrons. The van der Waals surface area contributed by atoms with Crippen molar-refractivity contribution in [3.63, 3.8) is 0 Å². The number of hydrogen-bond donors (Lipinski definition) is 5. The Morgan fingerprint density at radius 3 is 2.23 bits per heavy atom. The molecule has 0 saturated heterocycles. The van der Waals surface area contributed by atoms with E-state index in [1.165, 1.54) is 31.4 Å². The van der Waals surface area contributed by atoms with Gasteiger partial charge in [0.15, 0.2) is 0 Å². The summed E-state index contributed by atoms with van der Waals surface area (Å²) in [4.78, 5) is 44.2. The lowest BCUT2D eigenvalue weighted by Gasteiger charge is -2.20. The molecule has 2 amide bonds. The molecule has 14 heteroatoms. The van der Waals surface area contributed by atoms with Gasteiger partial charge >= 0.3 is 16.1 Å². The predicted molar refractivity (Wildman–Crippen MR) is 164 cm³/mol. The molecule has 6 N–H and O–H groups in total. The SMILES string of the molecule is COc1ccc(-c2cc(C)c(C(=O)N[C@H](CO)CC(C)C)cc2C(=O)OS(C)(=O)=O)c(C(=O)Nc2ccc(C(=N)N)cc2)n1. The van der Waals surface area contributed by atoms with Crippen LogP contribution in [-0.2, 0) is 14.3 Å². The van der Waals surface area contributed by atoms with Gasteiger partial charge in [-0.1, -0.05) is 13.8 Å². The van der Waals surface area contributed by atoms with E-state index in [0.29, 0.717) is 29.5 Å². The van der Waals surface area contributed by atoms with Crippen molar-refractivity contribution in [2.45, 2.75) is 33.2 Å². The summed E-state index contributed by atoms with van der Waals surface area (Å²) in [5.41, 5.74) is 6.42. The first-order chi connectivity index (χ1) is 20.6. The van der Waals surface area contributed by atoms with E-state index < -0.39 is 33.9 Å². The zero-order valence-corrected chi connectivity index (χ0v) is 25.7. The highest BCUT2D eigenvalue weighted by Gasteiger charge is 2.27. The molecule has 0 aliphatic rings. The van der Waals surface area contributed by atoms with Crippen molar-refractivity contribution < 1.29 is 36.8 Å². The molecule has 1 aromatic heterocycles. The monoisotopic (exact) mass is 625 g/mol. The van der Waals surface area contributed by atoms with Crippen molar-refractivity contribution in [2.75, 3.05) is 25.3 Å². The average Bonchev–Trinajstić information content (AvgIpc) is 2.95. The van der Waals surface area contributed by atoms with Crippen LogP contribution in [0, 0.1) is 18.3 Å². The summed E-state index contributed by atoms with van der Waals surface area (Å²) in [6.45, 7) is 5.17. The minimum Gasteiger partial charge on any atom is -0.481 e. The number of nitrogen functional groups attached to an aromatic ring is 1. The van der Waals surface area contributed by atoms with Crippen molar-refractivity contribution in [2.24, 2.45) is 11.7 Å². The summed E-state index contributed by atoms with van der Waals surface area (Å²) in [6.07, 6.45) is 1.20. The topological polar surface area (TPSA) is 211 Å². The van der Waals surface area contributed by atoms with Crippen molar-refractivity contribution in [1.29, 1.82) is 5.41 Å². The maximum Gasteiger partial charge on any atom is 0.354 e. The number of benzene rings is 2. The number of aryl methyl sites for hydroxylation is 1. The smallest absolute Gasteiger partial charge is 0.354 e. The Labute approximate surface area is 255 Å². The molecule has 3 rings (SSSR count). The highest BCUT2D eigenvalue weighted by atomic mass is 32.2. The lowest BCUT2D eigenvalue weighted by Crippen LogP contribution is -2.38. The Balaban J connectivity index is 2.16. The van der Waals surface area contributed by atoms with Crippen LogP contribution in [-0.4, -0.2) is 68.1 Å². The minimum absolute atomic E-state index is 0.0365. The largest absolute Gasteiger partial charge is 0.481 e. The first-order valence-corrected chi connectivity index (χ1v) is 15.3. The van der Waals surface area contributed by atoms with Gasteiger partial charge in [-0.3, -0.25) is 15.0 Å². The number of ether oxygens (including phenoxy) is 1. The van der Waals surface area contributed by atoms with Gasteiger partial charge in [-0.15, -0.1) is 0 Å². The Hall–Kier alpha value is -4.82. The van der Waals surface area contributed by atoms with Gasteiger partial charge in [0, 0.05) is 28.4 Å². The van der Waals surface area contributed by atoms with E-state index in [0.717, 1.165) is 0 Å². The first-order valence-electron chi connectivity index (χ1n) is 13.4. The number of methoxy groups -OCH3 is 1. The molecule has 2 aromatic carbocycles. The van der Waals surface area contributed by atoms with Crippen LogP contribution in [0.3, 0.4) is 0 Å². The molecule has 0 aliphatic carbocycles. The first kappa shape index (κ1) is 33.7. The van der Waals surface area contributed by atoms with E-state index >= 15 is 0 Å². The molecule has 0 saturated carbocycles. The van der Waals surface area contributed by atoms with Gasteiger partial charge in [0.25, 0.3) is 11.8 Å². The molecule has 1 atom stereocenters. The predicted octanol–water partition coefficient (Wildman–Crippen LogP) is 2.86. The molecule has 1 heterocycles. The molecule has 13 nitrogen and oxygen atoms in total. The molecule has 234 valence electrons. The van der Waals surface area contributed by atoms with Crippen LogP contribution in [0.4, 0.5) is 5.69 Å². The van der Waals surface area contributed by atoms with Crippen LogP contribution in [0.15, 0.2) is 48.5 Å². The van der Waals surface area contributed by atoms with Gasteiger partial charge in [-0.2, -0.15) is 8.42 Å². The van der Waals surface area contributed by atoms with E-state index in [4.69, 9.17) is 15.9 Å². The summed E-state index contributed by atoms with van der Waals surface area (Å²) in [6, 6.07) is 11.2. The van der Waals surface area contributed by atoms with Crippen LogP contribution in [0.25, 0.3) is 11.1 Å². The van der Waals surface area contributed by atoms with E-state index in [2.05, 4.69) is 19.8 Å². The minimum atomic E-state index is -4.26. The third-order valence-electron chi connectivity index (χ3n) is 6.41. The van der Waals surface area contributed by atoms with Crippen molar-refractivity contribution in [3.05, 3.63) is 76.5 Å². The Morgan fingerprint density at radius 1 is 1.02 bits per heavy atom. The Bertz CT molecular complexity index is 1690.